The van der Waals surface area contributed by atoms with Gasteiger partial charge in [-0.15, -0.1) is 0 Å². The van der Waals surface area contributed by atoms with E-state index in [1.165, 1.54) is 23.9 Å². The number of nitrogens with zero attached hydrogens (tertiary/aromatic N) is 1. The highest BCUT2D eigenvalue weighted by Crippen LogP contribution is 2.33. The van der Waals surface area contributed by atoms with Crippen molar-refractivity contribution >= 4 is 66.5 Å². The molecule has 1 heterocycles. The van der Waals surface area contributed by atoms with E-state index < -0.39 is 0 Å². The highest BCUT2D eigenvalue weighted by atomic mass is 79.9. The van der Waals surface area contributed by atoms with Crippen molar-refractivity contribution in [1.29, 1.82) is 0 Å². The summed E-state index contributed by atoms with van der Waals surface area (Å²) < 4.78 is 26.4. The van der Waals surface area contributed by atoms with E-state index in [9.17, 15) is 9.18 Å². The van der Waals surface area contributed by atoms with Crippen molar-refractivity contribution in [1.82, 2.24) is 5.32 Å². The normalized spacial score (nSPS) is 15.7. The number of nitrogens with one attached hydrogen (secondary N) is 1. The van der Waals surface area contributed by atoms with E-state index in [1.807, 2.05) is 36.4 Å². The van der Waals surface area contributed by atoms with Crippen LogP contribution in [0, 0.1) is 5.82 Å². The molecule has 1 aliphatic rings. The Morgan fingerprint density at radius 2 is 1.85 bits per heavy atom. The van der Waals surface area contributed by atoms with E-state index >= 15 is 0 Å². The first-order chi connectivity index (χ1) is 15.9. The van der Waals surface area contributed by atoms with Crippen molar-refractivity contribution in [2.45, 2.75) is 6.61 Å². The summed E-state index contributed by atoms with van der Waals surface area (Å²) in [5.74, 6) is 0.562. The smallest absolute Gasteiger partial charge is 0.264 e. The van der Waals surface area contributed by atoms with Crippen molar-refractivity contribution in [3.05, 3.63) is 91.5 Å². The fraction of sp³-hybridized carbons (Fsp3) is 0.0833. The van der Waals surface area contributed by atoms with Crippen LogP contribution in [0.1, 0.15) is 11.1 Å². The predicted molar refractivity (Wildman–Crippen MR) is 136 cm³/mol. The van der Waals surface area contributed by atoms with Crippen molar-refractivity contribution in [3.63, 3.8) is 0 Å². The van der Waals surface area contributed by atoms with Gasteiger partial charge in [-0.3, -0.25) is 4.79 Å². The van der Waals surface area contributed by atoms with Gasteiger partial charge in [-0.2, -0.15) is 0 Å². The number of amides is 1. The van der Waals surface area contributed by atoms with Gasteiger partial charge in [0.25, 0.3) is 5.91 Å². The van der Waals surface area contributed by atoms with Crippen molar-refractivity contribution < 1.29 is 18.7 Å². The molecule has 4 rings (SSSR count). The third-order valence-corrected chi connectivity index (χ3v) is 6.73. The van der Waals surface area contributed by atoms with Gasteiger partial charge in [-0.25, -0.2) is 9.38 Å². The number of aliphatic imine (C=N–C) groups is 1. The Balaban J connectivity index is 1.48. The molecule has 0 aromatic heterocycles. The molecule has 1 saturated heterocycles. The quantitative estimate of drug-likeness (QED) is 0.319. The Kier molecular flexibility index (Phi) is 7.52. The molecule has 0 saturated carbocycles. The number of hydrogen-bond donors (Lipinski definition) is 1. The minimum absolute atomic E-state index is 0.250. The van der Waals surface area contributed by atoms with Gasteiger partial charge in [-0.1, -0.05) is 44.0 Å². The summed E-state index contributed by atoms with van der Waals surface area (Å²) in [6.07, 6.45) is 1.75. The number of benzene rings is 3. The fourth-order valence-corrected chi connectivity index (χ4v) is 4.96. The van der Waals surface area contributed by atoms with Gasteiger partial charge in [0.05, 0.1) is 17.7 Å². The van der Waals surface area contributed by atoms with Crippen LogP contribution in [0.4, 0.5) is 10.1 Å². The molecule has 0 atom stereocenters. The molecular weight excluding hydrogens is 575 g/mol. The lowest BCUT2D eigenvalue weighted by atomic mass is 10.2. The zero-order valence-corrected chi connectivity index (χ0v) is 21.3. The number of amidine groups is 1. The van der Waals surface area contributed by atoms with Crippen LogP contribution in [0.15, 0.2) is 79.5 Å². The molecule has 1 fully saturated rings. The average molecular weight is 592 g/mol. The van der Waals surface area contributed by atoms with Gasteiger partial charge >= 0.3 is 0 Å². The number of carbonyl (C=O) groups excluding carboxylic acids is 1. The van der Waals surface area contributed by atoms with Crippen molar-refractivity contribution in [2.75, 3.05) is 7.11 Å². The number of hydrogen-bond acceptors (Lipinski definition) is 5. The number of halogens is 3. The van der Waals surface area contributed by atoms with Crippen LogP contribution in [-0.2, 0) is 11.4 Å². The topological polar surface area (TPSA) is 59.9 Å². The van der Waals surface area contributed by atoms with Crippen molar-refractivity contribution in [3.8, 4) is 11.5 Å². The van der Waals surface area contributed by atoms with E-state index in [0.29, 0.717) is 33.9 Å². The minimum Gasteiger partial charge on any atom is -0.493 e. The molecule has 3 aromatic rings. The maximum atomic E-state index is 13.1. The molecule has 0 bridgehead atoms. The molecule has 1 aliphatic heterocycles. The highest BCUT2D eigenvalue weighted by molar-refractivity contribution is 9.11. The first-order valence-electron chi connectivity index (χ1n) is 9.71. The zero-order valence-electron chi connectivity index (χ0n) is 17.3. The summed E-state index contributed by atoms with van der Waals surface area (Å²) in [6, 6.07) is 17.1. The molecule has 1 amide bonds. The second kappa shape index (κ2) is 10.5. The number of carbonyl (C=O) groups is 1. The number of rotatable bonds is 6. The molecule has 0 aliphatic carbocycles. The molecule has 0 radical (unpaired) electrons. The maximum absolute atomic E-state index is 13.1. The van der Waals surface area contributed by atoms with Crippen LogP contribution in [0.2, 0.25) is 0 Å². The van der Waals surface area contributed by atoms with E-state index in [4.69, 9.17) is 9.47 Å². The SMILES string of the molecule is COc1cc(/C=C2\SC(=Nc3ccc(F)cc3)NC2=O)ccc1OCc1ccc(Br)cc1Br. The van der Waals surface area contributed by atoms with E-state index in [1.54, 1.807) is 25.3 Å². The van der Waals surface area contributed by atoms with Gasteiger partial charge in [0.2, 0.25) is 0 Å². The predicted octanol–water partition coefficient (Wildman–Crippen LogP) is 6.83. The lowest BCUT2D eigenvalue weighted by Gasteiger charge is -2.12. The second-order valence-electron chi connectivity index (χ2n) is 6.89. The Bertz CT molecular complexity index is 1260. The van der Waals surface area contributed by atoms with Crippen LogP contribution in [0.5, 0.6) is 11.5 Å². The van der Waals surface area contributed by atoms with Crippen LogP contribution in [0.25, 0.3) is 6.08 Å². The summed E-state index contributed by atoms with van der Waals surface area (Å²) in [5, 5.41) is 3.16. The van der Waals surface area contributed by atoms with E-state index in [0.717, 1.165) is 20.1 Å². The van der Waals surface area contributed by atoms with Crippen LogP contribution in [-0.4, -0.2) is 18.2 Å². The molecule has 0 unspecified atom stereocenters. The Hall–Kier alpha value is -2.62. The summed E-state index contributed by atoms with van der Waals surface area (Å²) in [4.78, 5) is 17.2. The average Bonchev–Trinajstić information content (AvgIpc) is 3.13. The summed E-state index contributed by atoms with van der Waals surface area (Å²) in [7, 11) is 1.57. The molecule has 3 aromatic carbocycles. The van der Waals surface area contributed by atoms with Gasteiger partial charge in [0.15, 0.2) is 16.7 Å². The van der Waals surface area contributed by atoms with Gasteiger partial charge < -0.3 is 14.8 Å². The van der Waals surface area contributed by atoms with Crippen LogP contribution < -0.4 is 14.8 Å². The van der Waals surface area contributed by atoms with Gasteiger partial charge in [0.1, 0.15) is 12.4 Å². The van der Waals surface area contributed by atoms with E-state index in [-0.39, 0.29) is 11.7 Å². The lowest BCUT2D eigenvalue weighted by Crippen LogP contribution is -2.19. The van der Waals surface area contributed by atoms with Gasteiger partial charge in [-0.05, 0) is 71.9 Å². The minimum atomic E-state index is -0.339. The third kappa shape index (κ3) is 6.04. The Labute approximate surface area is 211 Å². The number of methoxy groups -OCH3 is 1. The first-order valence-corrected chi connectivity index (χ1v) is 12.1. The fourth-order valence-electron chi connectivity index (χ4n) is 2.95. The first kappa shape index (κ1) is 23.5. The monoisotopic (exact) mass is 590 g/mol. The van der Waals surface area contributed by atoms with Crippen molar-refractivity contribution in [2.24, 2.45) is 4.99 Å². The maximum Gasteiger partial charge on any atom is 0.264 e. The lowest BCUT2D eigenvalue weighted by molar-refractivity contribution is -0.115. The standard InChI is InChI=1S/C24H17Br2FN2O3S/c1-31-21-10-14(2-9-20(21)32-13-15-3-4-16(25)12-19(15)26)11-22-23(30)29-24(33-22)28-18-7-5-17(27)6-8-18/h2-12H,13H2,1H3,(H,28,29,30)/b22-11-. The molecule has 5 nitrogen and oxygen atoms in total. The van der Waals surface area contributed by atoms with Crippen LogP contribution in [0.3, 0.4) is 0 Å². The summed E-state index contributed by atoms with van der Waals surface area (Å²) in [5.41, 5.74) is 2.34. The Morgan fingerprint density at radius 3 is 2.58 bits per heavy atom. The van der Waals surface area contributed by atoms with Crippen LogP contribution >= 0.6 is 43.6 Å². The molecule has 9 heteroatoms. The van der Waals surface area contributed by atoms with E-state index in [2.05, 4.69) is 42.2 Å². The largest absolute Gasteiger partial charge is 0.493 e. The molecule has 33 heavy (non-hydrogen) atoms. The third-order valence-electron chi connectivity index (χ3n) is 4.59. The number of ether oxygens (including phenoxy) is 2. The molecular formula is C24H17Br2FN2O3S. The summed E-state index contributed by atoms with van der Waals surface area (Å²) >= 11 is 8.19. The zero-order chi connectivity index (χ0) is 23.4. The second-order valence-corrected chi connectivity index (χ2v) is 9.69. The highest BCUT2D eigenvalue weighted by Gasteiger charge is 2.24. The number of thioether (sulfide) groups is 1. The molecule has 0 spiro atoms. The summed E-state index contributed by atoms with van der Waals surface area (Å²) in [6.45, 7) is 0.367. The molecule has 168 valence electrons. The van der Waals surface area contributed by atoms with Gasteiger partial charge in [0, 0.05) is 14.5 Å². The Morgan fingerprint density at radius 1 is 1.06 bits per heavy atom. The molecule has 1 N–H and O–H groups in total.